The molecule has 0 aromatic heterocycles. The van der Waals surface area contributed by atoms with E-state index in [0.717, 1.165) is 23.1 Å². The van der Waals surface area contributed by atoms with Gasteiger partial charge >= 0.3 is 0 Å². The Morgan fingerprint density at radius 1 is 1.58 bits per heavy atom. The summed E-state index contributed by atoms with van der Waals surface area (Å²) in [6, 6.07) is 7.80. The van der Waals surface area contributed by atoms with Gasteiger partial charge in [0.25, 0.3) is 0 Å². The van der Waals surface area contributed by atoms with E-state index in [1.165, 1.54) is 0 Å². The number of benzene rings is 1. The van der Waals surface area contributed by atoms with Gasteiger partial charge in [0.1, 0.15) is 6.07 Å². The quantitative estimate of drug-likeness (QED) is 0.909. The van der Waals surface area contributed by atoms with Crippen molar-refractivity contribution >= 4 is 27.5 Å². The second-order valence-corrected chi connectivity index (χ2v) is 5.94. The Labute approximate surface area is 121 Å². The maximum Gasteiger partial charge on any atom is 0.227 e. The minimum absolute atomic E-state index is 0.0858. The van der Waals surface area contributed by atoms with Crippen LogP contribution in [0.5, 0.6) is 0 Å². The molecular weight excluding hydrogens is 306 g/mol. The number of hydrogen-bond donors (Lipinski definition) is 1. The molecule has 0 aliphatic carbocycles. The number of rotatable bonds is 2. The number of nitriles is 1. The summed E-state index contributed by atoms with van der Waals surface area (Å²) < 4.78 is 0.793. The first-order chi connectivity index (χ1) is 9.00. The molecule has 1 aromatic rings. The third-order valence-electron chi connectivity index (χ3n) is 3.69. The SMILES string of the molecule is CNC(=O)C1(C)CCN(c2ccc(C#N)c(Br)c2)C1. The van der Waals surface area contributed by atoms with Crippen molar-refractivity contribution in [2.24, 2.45) is 5.41 Å². The molecule has 0 bridgehead atoms. The molecule has 1 aliphatic rings. The maximum absolute atomic E-state index is 11.9. The minimum atomic E-state index is -0.338. The summed E-state index contributed by atoms with van der Waals surface area (Å²) in [5.41, 5.74) is 1.32. The van der Waals surface area contributed by atoms with Crippen molar-refractivity contribution in [1.82, 2.24) is 5.32 Å². The lowest BCUT2D eigenvalue weighted by atomic mass is 9.89. The average Bonchev–Trinajstić information content (AvgIpc) is 2.81. The smallest absolute Gasteiger partial charge is 0.227 e. The monoisotopic (exact) mass is 321 g/mol. The summed E-state index contributed by atoms with van der Waals surface area (Å²) >= 11 is 3.40. The molecule has 4 nitrogen and oxygen atoms in total. The Morgan fingerprint density at radius 3 is 2.89 bits per heavy atom. The maximum atomic E-state index is 11.9. The molecule has 100 valence electrons. The van der Waals surface area contributed by atoms with Gasteiger partial charge in [-0.25, -0.2) is 0 Å². The van der Waals surface area contributed by atoms with Crippen LogP contribution in [-0.4, -0.2) is 26.0 Å². The zero-order chi connectivity index (χ0) is 14.0. The van der Waals surface area contributed by atoms with Gasteiger partial charge in [0.05, 0.1) is 11.0 Å². The molecule has 19 heavy (non-hydrogen) atoms. The lowest BCUT2D eigenvalue weighted by Crippen LogP contribution is -2.39. The van der Waals surface area contributed by atoms with Crippen LogP contribution in [0.25, 0.3) is 0 Å². The molecule has 5 heteroatoms. The van der Waals surface area contributed by atoms with Crippen molar-refractivity contribution in [3.63, 3.8) is 0 Å². The largest absolute Gasteiger partial charge is 0.370 e. The Hall–Kier alpha value is -1.54. The number of hydrogen-bond acceptors (Lipinski definition) is 3. The highest BCUT2D eigenvalue weighted by atomic mass is 79.9. The number of nitrogens with zero attached hydrogens (tertiary/aromatic N) is 2. The molecule has 1 N–H and O–H groups in total. The van der Waals surface area contributed by atoms with Gasteiger partial charge in [-0.15, -0.1) is 0 Å². The zero-order valence-electron chi connectivity index (χ0n) is 11.0. The molecule has 1 unspecified atom stereocenters. The highest BCUT2D eigenvalue weighted by molar-refractivity contribution is 9.10. The first-order valence-corrected chi connectivity index (χ1v) is 6.96. The molecule has 1 saturated heterocycles. The van der Waals surface area contributed by atoms with Crippen LogP contribution in [0.1, 0.15) is 18.9 Å². The van der Waals surface area contributed by atoms with Crippen molar-refractivity contribution in [2.75, 3.05) is 25.0 Å². The van der Waals surface area contributed by atoms with E-state index >= 15 is 0 Å². The summed E-state index contributed by atoms with van der Waals surface area (Å²) in [5, 5.41) is 11.6. The fourth-order valence-corrected chi connectivity index (χ4v) is 2.92. The van der Waals surface area contributed by atoms with E-state index < -0.39 is 0 Å². The predicted octanol–water partition coefficient (Wildman–Crippen LogP) is 2.28. The van der Waals surface area contributed by atoms with Crippen molar-refractivity contribution in [1.29, 1.82) is 5.26 Å². The average molecular weight is 322 g/mol. The summed E-state index contributed by atoms with van der Waals surface area (Å²) in [6.45, 7) is 3.54. The van der Waals surface area contributed by atoms with Gasteiger partial charge in [-0.2, -0.15) is 5.26 Å². The Bertz CT molecular complexity index is 552. The van der Waals surface area contributed by atoms with Crippen molar-refractivity contribution in [3.8, 4) is 6.07 Å². The van der Waals surface area contributed by atoms with E-state index in [0.29, 0.717) is 12.1 Å². The molecule has 2 rings (SSSR count). The predicted molar refractivity (Wildman–Crippen MR) is 77.9 cm³/mol. The van der Waals surface area contributed by atoms with Crippen molar-refractivity contribution in [2.45, 2.75) is 13.3 Å². The standard InChI is InChI=1S/C14H16BrN3O/c1-14(13(19)17-2)5-6-18(9-14)11-4-3-10(8-16)12(15)7-11/h3-4,7H,5-6,9H2,1-2H3,(H,17,19). The topological polar surface area (TPSA) is 56.1 Å². The fraction of sp³-hybridized carbons (Fsp3) is 0.429. The van der Waals surface area contributed by atoms with Gasteiger partial charge in [-0.05, 0) is 47.5 Å². The van der Waals surface area contributed by atoms with E-state index in [1.54, 1.807) is 13.1 Å². The van der Waals surface area contributed by atoms with Crippen LogP contribution in [0.15, 0.2) is 22.7 Å². The van der Waals surface area contributed by atoms with Crippen LogP contribution in [0.2, 0.25) is 0 Å². The van der Waals surface area contributed by atoms with Crippen LogP contribution >= 0.6 is 15.9 Å². The second kappa shape index (κ2) is 5.22. The molecular formula is C14H16BrN3O. The number of carbonyl (C=O) groups excluding carboxylic acids is 1. The molecule has 1 atom stereocenters. The van der Waals surface area contributed by atoms with Crippen molar-refractivity contribution < 1.29 is 4.79 Å². The first kappa shape index (κ1) is 13.9. The van der Waals surface area contributed by atoms with Gasteiger partial charge in [0, 0.05) is 30.3 Å². The van der Waals surface area contributed by atoms with Crippen LogP contribution < -0.4 is 10.2 Å². The highest BCUT2D eigenvalue weighted by Crippen LogP contribution is 2.34. The summed E-state index contributed by atoms with van der Waals surface area (Å²) in [7, 11) is 1.68. The van der Waals surface area contributed by atoms with Gasteiger partial charge in [-0.1, -0.05) is 0 Å². The van der Waals surface area contributed by atoms with E-state index in [2.05, 4.69) is 32.2 Å². The molecule has 1 heterocycles. The van der Waals surface area contributed by atoms with Crippen molar-refractivity contribution in [3.05, 3.63) is 28.2 Å². The van der Waals surface area contributed by atoms with Gasteiger partial charge < -0.3 is 10.2 Å². The summed E-state index contributed by atoms with van der Waals surface area (Å²) in [5.74, 6) is 0.0858. The van der Waals surface area contributed by atoms with Gasteiger partial charge in [0.2, 0.25) is 5.91 Å². The lowest BCUT2D eigenvalue weighted by molar-refractivity contribution is -0.128. The van der Waals surface area contributed by atoms with E-state index in [-0.39, 0.29) is 11.3 Å². The molecule has 1 aliphatic heterocycles. The van der Waals surface area contributed by atoms with Crippen LogP contribution in [0.4, 0.5) is 5.69 Å². The number of halogens is 1. The molecule has 0 radical (unpaired) electrons. The second-order valence-electron chi connectivity index (χ2n) is 5.09. The number of carbonyl (C=O) groups is 1. The Kier molecular flexibility index (Phi) is 3.81. The molecule has 0 saturated carbocycles. The van der Waals surface area contributed by atoms with E-state index in [9.17, 15) is 4.79 Å². The van der Waals surface area contributed by atoms with Gasteiger partial charge in [-0.3, -0.25) is 4.79 Å². The minimum Gasteiger partial charge on any atom is -0.370 e. The Balaban J connectivity index is 2.20. The zero-order valence-corrected chi connectivity index (χ0v) is 12.6. The molecule has 1 fully saturated rings. The number of nitrogens with one attached hydrogen (secondary N) is 1. The van der Waals surface area contributed by atoms with Gasteiger partial charge in [0.15, 0.2) is 0 Å². The normalized spacial score (nSPS) is 22.1. The van der Waals surface area contributed by atoms with E-state index in [1.807, 2.05) is 19.1 Å². The molecule has 1 amide bonds. The molecule has 1 aromatic carbocycles. The van der Waals surface area contributed by atoms with Crippen LogP contribution in [-0.2, 0) is 4.79 Å². The van der Waals surface area contributed by atoms with E-state index in [4.69, 9.17) is 5.26 Å². The summed E-state index contributed by atoms with van der Waals surface area (Å²) in [6.07, 6.45) is 0.838. The Morgan fingerprint density at radius 2 is 2.32 bits per heavy atom. The first-order valence-electron chi connectivity index (χ1n) is 6.17. The lowest BCUT2D eigenvalue weighted by Gasteiger charge is -2.24. The highest BCUT2D eigenvalue weighted by Gasteiger charge is 2.39. The van der Waals surface area contributed by atoms with Crippen LogP contribution in [0.3, 0.4) is 0 Å². The third-order valence-corrected chi connectivity index (χ3v) is 4.34. The fourth-order valence-electron chi connectivity index (χ4n) is 2.46. The number of anilines is 1. The van der Waals surface area contributed by atoms with Crippen LogP contribution in [0, 0.1) is 16.7 Å². The third kappa shape index (κ3) is 2.59. The summed E-state index contributed by atoms with van der Waals surface area (Å²) in [4.78, 5) is 14.1. The number of amides is 1. The molecule has 0 spiro atoms.